The van der Waals surface area contributed by atoms with Gasteiger partial charge in [0.25, 0.3) is 0 Å². The van der Waals surface area contributed by atoms with Crippen molar-refractivity contribution in [1.29, 1.82) is 0 Å². The Labute approximate surface area is 159 Å². The Morgan fingerprint density at radius 2 is 2.07 bits per heavy atom. The van der Waals surface area contributed by atoms with Gasteiger partial charge in [0.05, 0.1) is 18.3 Å². The molecule has 28 heavy (non-hydrogen) atoms. The van der Waals surface area contributed by atoms with Crippen LogP contribution in [0.5, 0.6) is 5.75 Å². The smallest absolute Gasteiger partial charge is 0.216 e. The fraction of sp³-hybridized carbons (Fsp3) is 0.167. The minimum Gasteiger partial charge on any atom is -0.492 e. The molecular weight excluding hydrogens is 362 g/mol. The highest BCUT2D eigenvalue weighted by Gasteiger charge is 2.20. The summed E-state index contributed by atoms with van der Waals surface area (Å²) in [6, 6.07) is 9.31. The van der Waals surface area contributed by atoms with Gasteiger partial charge >= 0.3 is 0 Å². The molecular formula is C18H17N7O3. The lowest BCUT2D eigenvalue weighted by Crippen LogP contribution is -2.25. The van der Waals surface area contributed by atoms with Gasteiger partial charge < -0.3 is 15.8 Å². The van der Waals surface area contributed by atoms with Crippen molar-refractivity contribution in [3.63, 3.8) is 0 Å². The van der Waals surface area contributed by atoms with E-state index >= 15 is 0 Å². The number of hydrogen-bond donors (Lipinski definition) is 2. The number of nitrogen functional groups attached to an aromatic ring is 1. The first kappa shape index (κ1) is 17.5. The van der Waals surface area contributed by atoms with Crippen molar-refractivity contribution in [2.24, 2.45) is 0 Å². The number of aromatic nitrogens is 5. The van der Waals surface area contributed by atoms with E-state index in [1.807, 2.05) is 34.9 Å². The summed E-state index contributed by atoms with van der Waals surface area (Å²) >= 11 is 0. The van der Waals surface area contributed by atoms with Crippen LogP contribution in [-0.2, 0) is 4.79 Å². The van der Waals surface area contributed by atoms with Crippen LogP contribution in [0.15, 0.2) is 47.4 Å². The van der Waals surface area contributed by atoms with Crippen molar-refractivity contribution in [1.82, 2.24) is 30.2 Å². The van der Waals surface area contributed by atoms with Crippen LogP contribution in [0, 0.1) is 0 Å². The van der Waals surface area contributed by atoms with Crippen LogP contribution in [0.2, 0.25) is 0 Å². The number of anilines is 1. The van der Waals surface area contributed by atoms with Crippen LogP contribution < -0.4 is 15.8 Å². The number of carbonyl (C=O) groups excluding carboxylic acids is 1. The number of amides is 1. The van der Waals surface area contributed by atoms with Crippen LogP contribution in [-0.4, -0.2) is 43.9 Å². The Balaban J connectivity index is 1.67. The van der Waals surface area contributed by atoms with E-state index in [9.17, 15) is 4.79 Å². The molecule has 0 saturated carbocycles. The lowest BCUT2D eigenvalue weighted by Gasteiger charge is -2.10. The Morgan fingerprint density at radius 3 is 2.79 bits per heavy atom. The van der Waals surface area contributed by atoms with Crippen molar-refractivity contribution < 1.29 is 14.2 Å². The van der Waals surface area contributed by atoms with E-state index in [0.717, 1.165) is 11.2 Å². The van der Waals surface area contributed by atoms with Gasteiger partial charge in [-0.1, -0.05) is 0 Å². The maximum Gasteiger partial charge on any atom is 0.216 e. The maximum absolute atomic E-state index is 10.9. The molecule has 0 radical (unpaired) electrons. The van der Waals surface area contributed by atoms with Crippen LogP contribution in [0.4, 0.5) is 5.82 Å². The predicted molar refractivity (Wildman–Crippen MR) is 101 cm³/mol. The Morgan fingerprint density at radius 1 is 1.25 bits per heavy atom. The molecule has 1 amide bonds. The third kappa shape index (κ3) is 3.34. The van der Waals surface area contributed by atoms with Gasteiger partial charge in [-0.25, -0.2) is 9.61 Å². The van der Waals surface area contributed by atoms with Crippen molar-refractivity contribution in [3.05, 3.63) is 42.7 Å². The average molecular weight is 379 g/mol. The fourth-order valence-electron chi connectivity index (χ4n) is 2.79. The average Bonchev–Trinajstić information content (AvgIpc) is 3.28. The molecule has 0 spiro atoms. The fourth-order valence-corrected chi connectivity index (χ4v) is 2.79. The number of hydrogen-bond acceptors (Lipinski definition) is 8. The number of nitrogens with zero attached hydrogens (tertiary/aromatic N) is 5. The third-order valence-electron chi connectivity index (χ3n) is 4.02. The molecule has 0 atom stereocenters. The number of rotatable bonds is 6. The van der Waals surface area contributed by atoms with Crippen molar-refractivity contribution >= 4 is 22.8 Å². The summed E-state index contributed by atoms with van der Waals surface area (Å²) in [4.78, 5) is 19.6. The van der Waals surface area contributed by atoms with E-state index < -0.39 is 0 Å². The van der Waals surface area contributed by atoms with E-state index in [1.54, 1.807) is 12.4 Å². The van der Waals surface area contributed by atoms with Gasteiger partial charge in [-0.15, -0.1) is 0 Å². The summed E-state index contributed by atoms with van der Waals surface area (Å²) in [5.74, 6) is 1.25. The zero-order valence-electron chi connectivity index (χ0n) is 15.0. The standard InChI is InChI=1S/C18H17N7O3/c1-11(26)21-8-9-27-13-4-2-12(3-5-13)25-15-6-7-20-10-14(15)22-18(25)16-17(19)24-28-23-16/h2-7,10H,8-9H2,1H3,(H2,19,24)(H,21,26). The third-order valence-corrected chi connectivity index (χ3v) is 4.02. The number of imidazole rings is 1. The quantitative estimate of drug-likeness (QED) is 0.482. The minimum absolute atomic E-state index is 0.0884. The molecule has 0 bridgehead atoms. The Bertz CT molecular complexity index is 1120. The summed E-state index contributed by atoms with van der Waals surface area (Å²) in [6.07, 6.45) is 3.35. The largest absolute Gasteiger partial charge is 0.492 e. The molecule has 4 rings (SSSR count). The van der Waals surface area contributed by atoms with Crippen molar-refractivity contribution in [3.8, 4) is 23.0 Å². The second-order valence-corrected chi connectivity index (χ2v) is 5.96. The maximum atomic E-state index is 10.9. The van der Waals surface area contributed by atoms with Gasteiger partial charge in [-0.05, 0) is 40.6 Å². The summed E-state index contributed by atoms with van der Waals surface area (Å²) in [5, 5.41) is 10.2. The van der Waals surface area contributed by atoms with Gasteiger partial charge in [-0.3, -0.25) is 14.3 Å². The number of carbonyl (C=O) groups is 1. The van der Waals surface area contributed by atoms with Crippen molar-refractivity contribution in [2.75, 3.05) is 18.9 Å². The number of nitrogens with one attached hydrogen (secondary N) is 1. The molecule has 4 aromatic rings. The molecule has 0 aliphatic heterocycles. The predicted octanol–water partition coefficient (Wildman–Crippen LogP) is 1.57. The molecule has 10 heteroatoms. The molecule has 10 nitrogen and oxygen atoms in total. The Hall–Kier alpha value is -3.95. The van der Waals surface area contributed by atoms with Gasteiger partial charge in [0.1, 0.15) is 17.9 Å². The van der Waals surface area contributed by atoms with Crippen LogP contribution >= 0.6 is 0 Å². The zero-order valence-corrected chi connectivity index (χ0v) is 15.0. The normalized spacial score (nSPS) is 10.9. The molecule has 1 aromatic carbocycles. The van der Waals surface area contributed by atoms with E-state index in [4.69, 9.17) is 15.1 Å². The van der Waals surface area contributed by atoms with Crippen LogP contribution in [0.1, 0.15) is 6.92 Å². The highest BCUT2D eigenvalue weighted by molar-refractivity contribution is 5.83. The van der Waals surface area contributed by atoms with Crippen LogP contribution in [0.3, 0.4) is 0 Å². The second kappa shape index (κ2) is 7.35. The van der Waals surface area contributed by atoms with Gasteiger partial charge in [-0.2, -0.15) is 0 Å². The lowest BCUT2D eigenvalue weighted by molar-refractivity contribution is -0.119. The molecule has 3 N–H and O–H groups in total. The van der Waals surface area contributed by atoms with E-state index in [1.165, 1.54) is 6.92 Å². The molecule has 0 fully saturated rings. The van der Waals surface area contributed by atoms with Gasteiger partial charge in [0.2, 0.25) is 5.91 Å². The van der Waals surface area contributed by atoms with E-state index in [0.29, 0.717) is 35.9 Å². The van der Waals surface area contributed by atoms with Crippen LogP contribution in [0.25, 0.3) is 28.2 Å². The number of nitrogens with two attached hydrogens (primary N) is 1. The van der Waals surface area contributed by atoms with Crippen molar-refractivity contribution in [2.45, 2.75) is 6.92 Å². The van der Waals surface area contributed by atoms with Gasteiger partial charge in [0.15, 0.2) is 17.3 Å². The number of benzene rings is 1. The molecule has 0 aliphatic rings. The lowest BCUT2D eigenvalue weighted by atomic mass is 10.2. The summed E-state index contributed by atoms with van der Waals surface area (Å²) in [6.45, 7) is 2.29. The first-order valence-corrected chi connectivity index (χ1v) is 8.52. The molecule has 3 heterocycles. The molecule has 0 unspecified atom stereocenters. The number of pyridine rings is 1. The minimum atomic E-state index is -0.0884. The monoisotopic (exact) mass is 379 g/mol. The summed E-state index contributed by atoms with van der Waals surface area (Å²) < 4.78 is 12.3. The summed E-state index contributed by atoms with van der Waals surface area (Å²) in [5.41, 5.74) is 8.59. The molecule has 142 valence electrons. The van der Waals surface area contributed by atoms with E-state index in [-0.39, 0.29) is 11.7 Å². The Kier molecular flexibility index (Phi) is 4.58. The first-order chi connectivity index (χ1) is 13.6. The zero-order chi connectivity index (χ0) is 19.5. The highest BCUT2D eigenvalue weighted by atomic mass is 16.6. The SMILES string of the molecule is CC(=O)NCCOc1ccc(-n2c(-c3nonc3N)nc3cnccc32)cc1. The number of ether oxygens (including phenoxy) is 1. The molecule has 3 aromatic heterocycles. The number of fused-ring (bicyclic) bond motifs is 1. The second-order valence-electron chi connectivity index (χ2n) is 5.96. The molecule has 0 saturated heterocycles. The first-order valence-electron chi connectivity index (χ1n) is 8.52. The topological polar surface area (TPSA) is 134 Å². The highest BCUT2D eigenvalue weighted by Crippen LogP contribution is 2.30. The van der Waals surface area contributed by atoms with E-state index in [2.05, 4.69) is 25.6 Å². The summed E-state index contributed by atoms with van der Waals surface area (Å²) in [7, 11) is 0. The van der Waals surface area contributed by atoms with Gasteiger partial charge in [0, 0.05) is 18.8 Å². The molecule has 0 aliphatic carbocycles.